The number of aryl methyl sites for hydroxylation is 1. The lowest BCUT2D eigenvalue weighted by Gasteiger charge is -2.16. The summed E-state index contributed by atoms with van der Waals surface area (Å²) in [6, 6.07) is 16.1. The van der Waals surface area contributed by atoms with Gasteiger partial charge < -0.3 is 14.8 Å². The number of esters is 2. The van der Waals surface area contributed by atoms with Gasteiger partial charge in [-0.3, -0.25) is 0 Å². The molecule has 1 N–H and O–H groups in total. The normalized spacial score (nSPS) is 16.8. The number of hydrogen-bond donors (Lipinski definition) is 1. The summed E-state index contributed by atoms with van der Waals surface area (Å²) in [6.45, 7) is 1.79. The van der Waals surface area contributed by atoms with E-state index < -0.39 is 18.2 Å². The molecule has 6 heteroatoms. The molecule has 3 rings (SSSR count). The average Bonchev–Trinajstić information content (AvgIpc) is 2.84. The van der Waals surface area contributed by atoms with Crippen molar-refractivity contribution >= 4 is 29.2 Å². The van der Waals surface area contributed by atoms with Gasteiger partial charge in [-0.25, -0.2) is 9.59 Å². The SMILES string of the molecule is Cc1ccccc1C(=O)OC1OC(=O)C(Cl)=C1Nc1ccccc1. The van der Waals surface area contributed by atoms with Gasteiger partial charge in [0, 0.05) is 5.69 Å². The smallest absolute Gasteiger partial charge is 0.355 e. The van der Waals surface area contributed by atoms with Crippen LogP contribution in [-0.2, 0) is 14.3 Å². The summed E-state index contributed by atoms with van der Waals surface area (Å²) in [7, 11) is 0. The summed E-state index contributed by atoms with van der Waals surface area (Å²) >= 11 is 5.99. The van der Waals surface area contributed by atoms with Crippen LogP contribution >= 0.6 is 11.6 Å². The Bertz CT molecular complexity index is 817. The second-order valence-corrected chi connectivity index (χ2v) is 5.55. The van der Waals surface area contributed by atoms with Crippen LogP contribution in [0.15, 0.2) is 65.3 Å². The summed E-state index contributed by atoms with van der Waals surface area (Å²) < 4.78 is 10.4. The van der Waals surface area contributed by atoms with Crippen LogP contribution in [0.5, 0.6) is 0 Å². The molecule has 1 atom stereocenters. The van der Waals surface area contributed by atoms with Crippen LogP contribution in [-0.4, -0.2) is 18.2 Å². The highest BCUT2D eigenvalue weighted by Gasteiger charge is 2.36. The number of carbonyl (C=O) groups is 2. The lowest BCUT2D eigenvalue weighted by molar-refractivity contribution is -0.152. The molecule has 1 aliphatic rings. The maximum absolute atomic E-state index is 12.3. The molecule has 0 saturated heterocycles. The lowest BCUT2D eigenvalue weighted by atomic mass is 10.1. The van der Waals surface area contributed by atoms with Gasteiger partial charge in [-0.15, -0.1) is 0 Å². The minimum absolute atomic E-state index is 0.138. The second kappa shape index (κ2) is 6.76. The molecule has 0 fully saturated rings. The summed E-state index contributed by atoms with van der Waals surface area (Å²) in [5.74, 6) is -1.33. The van der Waals surface area contributed by atoms with E-state index in [2.05, 4.69) is 5.32 Å². The van der Waals surface area contributed by atoms with E-state index in [1.165, 1.54) is 0 Å². The third-order valence-corrected chi connectivity index (χ3v) is 3.86. The number of cyclic esters (lactones) is 1. The molecule has 0 spiro atoms. The molecule has 0 bridgehead atoms. The predicted octanol–water partition coefficient (Wildman–Crippen LogP) is 3.60. The Morgan fingerprint density at radius 1 is 1.12 bits per heavy atom. The maximum Gasteiger partial charge on any atom is 0.355 e. The Morgan fingerprint density at radius 3 is 2.50 bits per heavy atom. The van der Waals surface area contributed by atoms with Gasteiger partial charge in [-0.2, -0.15) is 0 Å². The molecule has 1 heterocycles. The molecule has 0 aromatic heterocycles. The molecule has 2 aromatic rings. The fraction of sp³-hybridized carbons (Fsp3) is 0.111. The summed E-state index contributed by atoms with van der Waals surface area (Å²) in [4.78, 5) is 24.1. The maximum atomic E-state index is 12.3. The van der Waals surface area contributed by atoms with E-state index in [4.69, 9.17) is 21.1 Å². The van der Waals surface area contributed by atoms with Crippen LogP contribution in [0, 0.1) is 6.92 Å². The topological polar surface area (TPSA) is 64.6 Å². The molecule has 24 heavy (non-hydrogen) atoms. The number of ether oxygens (including phenoxy) is 2. The Labute approximate surface area is 143 Å². The first-order valence-corrected chi connectivity index (χ1v) is 7.63. The minimum Gasteiger partial charge on any atom is -0.415 e. The Morgan fingerprint density at radius 2 is 1.79 bits per heavy atom. The number of para-hydroxylation sites is 1. The summed E-state index contributed by atoms with van der Waals surface area (Å²) in [5.41, 5.74) is 2.06. The van der Waals surface area contributed by atoms with E-state index in [-0.39, 0.29) is 10.7 Å². The molecule has 2 aromatic carbocycles. The third kappa shape index (κ3) is 3.26. The van der Waals surface area contributed by atoms with E-state index in [0.29, 0.717) is 11.3 Å². The summed E-state index contributed by atoms with van der Waals surface area (Å²) in [5, 5.41) is 2.83. The van der Waals surface area contributed by atoms with Crippen molar-refractivity contribution < 1.29 is 19.1 Å². The van der Waals surface area contributed by atoms with Crippen LogP contribution in [0.1, 0.15) is 15.9 Å². The van der Waals surface area contributed by atoms with Crippen molar-refractivity contribution in [1.29, 1.82) is 0 Å². The van der Waals surface area contributed by atoms with Crippen molar-refractivity contribution in [3.8, 4) is 0 Å². The van der Waals surface area contributed by atoms with Gasteiger partial charge in [-0.1, -0.05) is 48.0 Å². The van der Waals surface area contributed by atoms with Crippen LogP contribution < -0.4 is 5.32 Å². The van der Waals surface area contributed by atoms with Crippen molar-refractivity contribution in [3.05, 3.63) is 76.5 Å². The van der Waals surface area contributed by atoms with Crippen LogP contribution in [0.25, 0.3) is 0 Å². The number of rotatable bonds is 4. The molecule has 1 unspecified atom stereocenters. The van der Waals surface area contributed by atoms with Crippen molar-refractivity contribution in [2.24, 2.45) is 0 Å². The van der Waals surface area contributed by atoms with Gasteiger partial charge in [0.05, 0.1) is 5.56 Å². The molecule has 0 aliphatic carbocycles. The van der Waals surface area contributed by atoms with Crippen molar-refractivity contribution in [2.45, 2.75) is 13.2 Å². The van der Waals surface area contributed by atoms with Gasteiger partial charge in [0.1, 0.15) is 5.70 Å². The molecule has 1 aliphatic heterocycles. The number of anilines is 1. The lowest BCUT2D eigenvalue weighted by Crippen LogP contribution is -2.24. The van der Waals surface area contributed by atoms with Gasteiger partial charge in [0.2, 0.25) is 0 Å². The number of carbonyl (C=O) groups excluding carboxylic acids is 2. The van der Waals surface area contributed by atoms with Gasteiger partial charge in [-0.05, 0) is 30.7 Å². The Kier molecular flexibility index (Phi) is 4.53. The second-order valence-electron chi connectivity index (χ2n) is 5.18. The number of hydrogen-bond acceptors (Lipinski definition) is 5. The van der Waals surface area contributed by atoms with Gasteiger partial charge in [0.25, 0.3) is 6.29 Å². The Hall–Kier alpha value is -2.79. The molecular weight excluding hydrogens is 330 g/mol. The molecule has 0 amide bonds. The zero-order chi connectivity index (χ0) is 17.1. The highest BCUT2D eigenvalue weighted by Crippen LogP contribution is 2.28. The highest BCUT2D eigenvalue weighted by molar-refractivity contribution is 6.42. The predicted molar refractivity (Wildman–Crippen MR) is 89.4 cm³/mol. The van der Waals surface area contributed by atoms with Crippen LogP contribution in [0.4, 0.5) is 5.69 Å². The first kappa shape index (κ1) is 16.1. The van der Waals surface area contributed by atoms with Crippen LogP contribution in [0.2, 0.25) is 0 Å². The zero-order valence-corrected chi connectivity index (χ0v) is 13.5. The van der Waals surface area contributed by atoms with Crippen molar-refractivity contribution in [2.75, 3.05) is 5.32 Å². The van der Waals surface area contributed by atoms with Crippen LogP contribution in [0.3, 0.4) is 0 Å². The average molecular weight is 344 g/mol. The third-order valence-electron chi connectivity index (χ3n) is 3.50. The molecule has 0 saturated carbocycles. The van der Waals surface area contributed by atoms with Crippen molar-refractivity contribution in [3.63, 3.8) is 0 Å². The van der Waals surface area contributed by atoms with E-state index in [1.807, 2.05) is 24.3 Å². The standard InChI is InChI=1S/C18H14ClNO4/c1-11-7-5-6-10-13(11)16(21)23-18-15(14(19)17(22)24-18)20-12-8-3-2-4-9-12/h2-10,18,20H,1H3. The monoisotopic (exact) mass is 343 g/mol. The van der Waals surface area contributed by atoms with E-state index >= 15 is 0 Å². The quantitative estimate of drug-likeness (QED) is 0.859. The van der Waals surface area contributed by atoms with Gasteiger partial charge >= 0.3 is 11.9 Å². The molecule has 122 valence electrons. The van der Waals surface area contributed by atoms with Crippen molar-refractivity contribution in [1.82, 2.24) is 0 Å². The van der Waals surface area contributed by atoms with Gasteiger partial charge in [0.15, 0.2) is 5.03 Å². The van der Waals surface area contributed by atoms with E-state index in [1.54, 1.807) is 37.3 Å². The highest BCUT2D eigenvalue weighted by atomic mass is 35.5. The first-order chi connectivity index (χ1) is 11.6. The minimum atomic E-state index is -1.21. The first-order valence-electron chi connectivity index (χ1n) is 7.25. The number of nitrogens with one attached hydrogen (secondary N) is 1. The number of halogens is 1. The molecule has 0 radical (unpaired) electrons. The zero-order valence-electron chi connectivity index (χ0n) is 12.8. The largest absolute Gasteiger partial charge is 0.415 e. The summed E-state index contributed by atoms with van der Waals surface area (Å²) in [6.07, 6.45) is -1.21. The number of benzene rings is 2. The fourth-order valence-electron chi connectivity index (χ4n) is 2.26. The molecule has 5 nitrogen and oxygen atoms in total. The van der Waals surface area contributed by atoms with E-state index in [0.717, 1.165) is 5.56 Å². The molecular formula is C18H14ClNO4. The van der Waals surface area contributed by atoms with E-state index in [9.17, 15) is 9.59 Å². The Balaban J connectivity index is 1.81. The fourth-order valence-corrected chi connectivity index (χ4v) is 2.44.